The van der Waals surface area contributed by atoms with Gasteiger partial charge in [0.1, 0.15) is 18.7 Å². The molecule has 0 unspecified atom stereocenters. The van der Waals surface area contributed by atoms with Gasteiger partial charge in [0.15, 0.2) is 12.0 Å². The maximum Gasteiger partial charge on any atom is 0.224 e. The van der Waals surface area contributed by atoms with Gasteiger partial charge in [-0.05, 0) is 36.1 Å². The zero-order valence-electron chi connectivity index (χ0n) is 24.0. The molecule has 5 heteroatoms. The van der Waals surface area contributed by atoms with Gasteiger partial charge in [-0.25, -0.2) is 19.5 Å². The number of aryl methyl sites for hydroxylation is 2. The van der Waals surface area contributed by atoms with Crippen molar-refractivity contribution in [2.24, 2.45) is 7.05 Å². The second kappa shape index (κ2) is 7.72. The molecule has 0 aliphatic rings. The lowest BCUT2D eigenvalue weighted by molar-refractivity contribution is -0.643. The van der Waals surface area contributed by atoms with Crippen molar-refractivity contribution in [3.63, 3.8) is 0 Å². The van der Waals surface area contributed by atoms with Crippen LogP contribution in [0, 0.1) is 6.92 Å². The highest BCUT2D eigenvalue weighted by atomic mass is 15.1. The van der Waals surface area contributed by atoms with Gasteiger partial charge in [0, 0.05) is 33.2 Å². The van der Waals surface area contributed by atoms with Gasteiger partial charge >= 0.3 is 0 Å². The van der Waals surface area contributed by atoms with Crippen LogP contribution in [0.4, 0.5) is 0 Å². The minimum Gasteiger partial charge on any atom is -0.307 e. The molecule has 3 aromatic carbocycles. The molecule has 0 amide bonds. The van der Waals surface area contributed by atoms with Gasteiger partial charge in [-0.3, -0.25) is 0 Å². The van der Waals surface area contributed by atoms with Crippen LogP contribution in [0.15, 0.2) is 60.8 Å². The molecular formula is C34H34N5+. The number of para-hydroxylation sites is 1. The molecule has 0 saturated carbocycles. The number of fused-ring (bicyclic) bond motifs is 5. The van der Waals surface area contributed by atoms with Crippen molar-refractivity contribution >= 4 is 49.0 Å². The lowest BCUT2D eigenvalue weighted by atomic mass is 9.92. The molecule has 4 aromatic heterocycles. The first kappa shape index (κ1) is 24.0. The van der Waals surface area contributed by atoms with Crippen molar-refractivity contribution < 1.29 is 4.57 Å². The third kappa shape index (κ3) is 3.38. The Hall–Kier alpha value is -4.12. The summed E-state index contributed by atoms with van der Waals surface area (Å²) in [5.74, 6) is 2.37. The van der Waals surface area contributed by atoms with Crippen molar-refractivity contribution in [2.75, 3.05) is 0 Å². The third-order valence-corrected chi connectivity index (χ3v) is 7.97. The van der Waals surface area contributed by atoms with E-state index >= 15 is 0 Å². The van der Waals surface area contributed by atoms with Gasteiger partial charge in [0.25, 0.3) is 0 Å². The monoisotopic (exact) mass is 512 g/mol. The Morgan fingerprint density at radius 2 is 1.41 bits per heavy atom. The maximum atomic E-state index is 5.05. The van der Waals surface area contributed by atoms with Crippen LogP contribution in [0.25, 0.3) is 60.4 Å². The number of nitrogens with zero attached hydrogens (tertiary/aromatic N) is 5. The average Bonchev–Trinajstić information content (AvgIpc) is 3.22. The Bertz CT molecular complexity index is 2070. The van der Waals surface area contributed by atoms with Crippen LogP contribution in [-0.4, -0.2) is 19.4 Å². The quantitative estimate of drug-likeness (QED) is 0.129. The molecular weight excluding hydrogens is 478 g/mol. The predicted molar refractivity (Wildman–Crippen MR) is 161 cm³/mol. The minimum absolute atomic E-state index is 0.191. The lowest BCUT2D eigenvalue weighted by Crippen LogP contribution is -2.29. The Morgan fingerprint density at radius 1 is 0.718 bits per heavy atom. The van der Waals surface area contributed by atoms with Crippen LogP contribution in [0.5, 0.6) is 0 Å². The van der Waals surface area contributed by atoms with Crippen LogP contribution < -0.4 is 4.57 Å². The van der Waals surface area contributed by atoms with Gasteiger partial charge < -0.3 is 4.40 Å². The fraction of sp³-hybridized carbons (Fsp3) is 0.294. The molecule has 0 fully saturated rings. The van der Waals surface area contributed by atoms with Crippen molar-refractivity contribution in [2.45, 2.75) is 59.3 Å². The van der Waals surface area contributed by atoms with Crippen LogP contribution in [-0.2, 0) is 17.9 Å². The SMILES string of the molecule is Cc1ccc2c3ccccc3n3c4cc(-c5nc(C(C)(C)C)nc(C(C)(C)C)n5)cc5cc[n+](C)c(c1c23)c54. The largest absolute Gasteiger partial charge is 0.307 e. The Balaban J connectivity index is 1.70. The van der Waals surface area contributed by atoms with Crippen molar-refractivity contribution in [3.8, 4) is 11.4 Å². The molecule has 0 spiro atoms. The summed E-state index contributed by atoms with van der Waals surface area (Å²) in [6.07, 6.45) is 2.18. The van der Waals surface area contributed by atoms with Crippen LogP contribution in [0.2, 0.25) is 0 Å². The van der Waals surface area contributed by atoms with Gasteiger partial charge in [-0.1, -0.05) is 71.9 Å². The molecule has 5 nitrogen and oxygen atoms in total. The summed E-state index contributed by atoms with van der Waals surface area (Å²) in [5.41, 5.74) is 6.83. The fourth-order valence-electron chi connectivity index (χ4n) is 5.97. The molecule has 4 heterocycles. The molecule has 0 aliphatic carbocycles. The van der Waals surface area contributed by atoms with E-state index < -0.39 is 0 Å². The molecule has 0 bridgehead atoms. The molecule has 0 N–H and O–H groups in total. The molecule has 7 aromatic rings. The molecule has 0 atom stereocenters. The first-order valence-electron chi connectivity index (χ1n) is 13.7. The van der Waals surface area contributed by atoms with E-state index in [1.807, 2.05) is 0 Å². The van der Waals surface area contributed by atoms with Gasteiger partial charge in [-0.15, -0.1) is 0 Å². The van der Waals surface area contributed by atoms with Gasteiger partial charge in [0.2, 0.25) is 5.52 Å². The summed E-state index contributed by atoms with van der Waals surface area (Å²) >= 11 is 0. The standard InChI is InChI=1S/C34H34N5/c1-19-13-14-23-22-11-9-10-12-24(22)39-25-18-21(17-20-15-16-38(8)29(27(20)25)26(19)28(23)39)30-35-31(33(2,3)4)37-32(36-30)34(5,6)7/h9-18H,1-8H3/q+1. The van der Waals surface area contributed by atoms with E-state index in [9.17, 15) is 0 Å². The van der Waals surface area contributed by atoms with E-state index in [1.165, 1.54) is 54.6 Å². The molecule has 7 rings (SSSR count). The Labute approximate surface area is 228 Å². The topological polar surface area (TPSA) is 47.0 Å². The van der Waals surface area contributed by atoms with Crippen molar-refractivity contribution in [1.82, 2.24) is 19.4 Å². The van der Waals surface area contributed by atoms with Gasteiger partial charge in [-0.2, -0.15) is 0 Å². The average molecular weight is 513 g/mol. The van der Waals surface area contributed by atoms with Crippen LogP contribution >= 0.6 is 0 Å². The smallest absolute Gasteiger partial charge is 0.224 e. The fourth-order valence-corrected chi connectivity index (χ4v) is 5.97. The molecule has 39 heavy (non-hydrogen) atoms. The summed E-state index contributed by atoms with van der Waals surface area (Å²) in [6, 6.07) is 20.0. The van der Waals surface area contributed by atoms with Crippen LogP contribution in [0.1, 0.15) is 58.8 Å². The van der Waals surface area contributed by atoms with E-state index in [-0.39, 0.29) is 10.8 Å². The number of pyridine rings is 2. The predicted octanol–water partition coefficient (Wildman–Crippen LogP) is 7.57. The number of rotatable bonds is 1. The van der Waals surface area contributed by atoms with Crippen molar-refractivity contribution in [3.05, 3.63) is 78.0 Å². The van der Waals surface area contributed by atoms with Crippen LogP contribution in [0.3, 0.4) is 0 Å². The molecule has 194 valence electrons. The zero-order valence-corrected chi connectivity index (χ0v) is 24.0. The summed E-state index contributed by atoms with van der Waals surface area (Å²) in [5, 5.41) is 6.31. The van der Waals surface area contributed by atoms with Gasteiger partial charge in [0.05, 0.1) is 27.3 Å². The summed E-state index contributed by atoms with van der Waals surface area (Å²) in [6.45, 7) is 15.2. The molecule has 0 saturated heterocycles. The van der Waals surface area contributed by atoms with E-state index in [0.717, 1.165) is 23.0 Å². The number of aromatic nitrogens is 5. The lowest BCUT2D eigenvalue weighted by Gasteiger charge is -2.23. The molecule has 0 radical (unpaired) electrons. The Kier molecular flexibility index (Phi) is 4.74. The van der Waals surface area contributed by atoms with E-state index in [4.69, 9.17) is 15.0 Å². The minimum atomic E-state index is -0.191. The normalized spacial score (nSPS) is 13.1. The highest BCUT2D eigenvalue weighted by Gasteiger charge is 2.27. The van der Waals surface area contributed by atoms with Crippen molar-refractivity contribution in [1.29, 1.82) is 0 Å². The number of benzene rings is 3. The second-order valence-electron chi connectivity index (χ2n) is 13.0. The number of hydrogen-bond acceptors (Lipinski definition) is 3. The highest BCUT2D eigenvalue weighted by molar-refractivity contribution is 6.26. The summed E-state index contributed by atoms with van der Waals surface area (Å²) < 4.78 is 4.73. The zero-order chi connectivity index (χ0) is 27.4. The summed E-state index contributed by atoms with van der Waals surface area (Å²) in [4.78, 5) is 15.0. The highest BCUT2D eigenvalue weighted by Crippen LogP contribution is 2.41. The Morgan fingerprint density at radius 3 is 2.10 bits per heavy atom. The molecule has 0 aliphatic heterocycles. The second-order valence-corrected chi connectivity index (χ2v) is 13.0. The summed E-state index contributed by atoms with van der Waals surface area (Å²) in [7, 11) is 2.15. The maximum absolute atomic E-state index is 5.05. The third-order valence-electron chi connectivity index (χ3n) is 7.97. The first-order chi connectivity index (χ1) is 18.4. The van der Waals surface area contributed by atoms with E-state index in [0.29, 0.717) is 0 Å². The van der Waals surface area contributed by atoms with E-state index in [1.54, 1.807) is 0 Å². The first-order valence-corrected chi connectivity index (χ1v) is 13.7. The number of hydrogen-bond donors (Lipinski definition) is 0. The van der Waals surface area contributed by atoms with E-state index in [2.05, 4.69) is 125 Å².